The lowest BCUT2D eigenvalue weighted by molar-refractivity contribution is 0.00543. The van der Waals surface area contributed by atoms with Gasteiger partial charge in [-0.15, -0.1) is 11.6 Å². The van der Waals surface area contributed by atoms with Gasteiger partial charge in [0.25, 0.3) is 0 Å². The molecule has 2 nitrogen and oxygen atoms in total. The van der Waals surface area contributed by atoms with Crippen molar-refractivity contribution in [1.29, 1.82) is 0 Å². The van der Waals surface area contributed by atoms with Gasteiger partial charge in [0.15, 0.2) is 0 Å². The van der Waals surface area contributed by atoms with Crippen LogP contribution in [-0.4, -0.2) is 25.2 Å². The molecule has 0 aliphatic carbocycles. The zero-order valence-corrected chi connectivity index (χ0v) is 11.9. The molecule has 0 radical (unpaired) electrons. The predicted octanol–water partition coefficient (Wildman–Crippen LogP) is 3.47. The molecule has 0 aliphatic heterocycles. The topological polar surface area (TPSA) is 18.5 Å². The molecule has 0 bridgehead atoms. The van der Waals surface area contributed by atoms with E-state index in [2.05, 4.69) is 11.8 Å². The van der Waals surface area contributed by atoms with Gasteiger partial charge >= 0.3 is 0 Å². The van der Waals surface area contributed by atoms with Crippen molar-refractivity contribution in [3.63, 3.8) is 0 Å². The molecule has 0 atom stereocenters. The lowest BCUT2D eigenvalue weighted by Gasteiger charge is -2.22. The van der Waals surface area contributed by atoms with Gasteiger partial charge in [-0.2, -0.15) is 0 Å². The number of methoxy groups -OCH3 is 1. The van der Waals surface area contributed by atoms with Gasteiger partial charge in [0.05, 0.1) is 23.7 Å². The van der Waals surface area contributed by atoms with Gasteiger partial charge in [0.1, 0.15) is 5.75 Å². The first kappa shape index (κ1) is 14.9. The quantitative estimate of drug-likeness (QED) is 0.600. The fraction of sp³-hybridized carbons (Fsp3) is 0.467. The van der Waals surface area contributed by atoms with Crippen molar-refractivity contribution in [2.45, 2.75) is 25.9 Å². The summed E-state index contributed by atoms with van der Waals surface area (Å²) in [5.41, 5.74) is 0.699. The fourth-order valence-corrected chi connectivity index (χ4v) is 1.40. The second-order valence-corrected chi connectivity index (χ2v) is 4.76. The van der Waals surface area contributed by atoms with E-state index in [9.17, 15) is 0 Å². The summed E-state index contributed by atoms with van der Waals surface area (Å²) in [5, 5.41) is 0. The SMILES string of the molecule is COC(C)(C)CCOc1ccccc1C#CCCl. The Morgan fingerprint density at radius 2 is 2.00 bits per heavy atom. The number of hydrogen-bond acceptors (Lipinski definition) is 2. The van der Waals surface area contributed by atoms with Crippen LogP contribution >= 0.6 is 11.6 Å². The average Bonchev–Trinajstić information content (AvgIpc) is 2.37. The van der Waals surface area contributed by atoms with Gasteiger partial charge in [0.2, 0.25) is 0 Å². The Labute approximate surface area is 114 Å². The summed E-state index contributed by atoms with van der Waals surface area (Å²) < 4.78 is 11.1. The van der Waals surface area contributed by atoms with E-state index in [0.29, 0.717) is 12.5 Å². The molecule has 0 unspecified atom stereocenters. The van der Waals surface area contributed by atoms with Gasteiger partial charge in [0, 0.05) is 13.5 Å². The highest BCUT2D eigenvalue weighted by molar-refractivity contribution is 6.19. The van der Waals surface area contributed by atoms with Crippen molar-refractivity contribution in [2.75, 3.05) is 19.6 Å². The van der Waals surface area contributed by atoms with Crippen LogP contribution in [0.15, 0.2) is 24.3 Å². The standard InChI is InChI=1S/C15H19ClO2/c1-15(2,17-3)10-12-18-14-9-5-4-7-13(14)8-6-11-16/h4-5,7,9H,10-12H2,1-3H3. The van der Waals surface area contributed by atoms with Crippen molar-refractivity contribution < 1.29 is 9.47 Å². The van der Waals surface area contributed by atoms with Crippen LogP contribution in [0, 0.1) is 11.8 Å². The molecule has 3 heteroatoms. The molecule has 0 saturated carbocycles. The van der Waals surface area contributed by atoms with E-state index in [1.54, 1.807) is 7.11 Å². The molecule has 0 amide bonds. The van der Waals surface area contributed by atoms with Crippen molar-refractivity contribution in [2.24, 2.45) is 0 Å². The lowest BCUT2D eigenvalue weighted by Crippen LogP contribution is -2.25. The van der Waals surface area contributed by atoms with Crippen LogP contribution in [0.2, 0.25) is 0 Å². The molecule has 0 aliphatic rings. The molecule has 0 aromatic heterocycles. The normalized spacial score (nSPS) is 10.7. The number of rotatable bonds is 5. The average molecular weight is 267 g/mol. The zero-order valence-electron chi connectivity index (χ0n) is 11.1. The number of alkyl halides is 1. The van der Waals surface area contributed by atoms with E-state index in [-0.39, 0.29) is 5.60 Å². The summed E-state index contributed by atoms with van der Waals surface area (Å²) in [6.07, 6.45) is 0.820. The third-order valence-electron chi connectivity index (χ3n) is 2.69. The first-order valence-corrected chi connectivity index (χ1v) is 6.44. The maximum absolute atomic E-state index is 5.75. The minimum Gasteiger partial charge on any atom is -0.492 e. The Balaban J connectivity index is 2.62. The first-order valence-electron chi connectivity index (χ1n) is 5.91. The van der Waals surface area contributed by atoms with Crippen molar-refractivity contribution in [1.82, 2.24) is 0 Å². The lowest BCUT2D eigenvalue weighted by atomic mass is 10.1. The second kappa shape index (κ2) is 7.31. The van der Waals surface area contributed by atoms with Crippen LogP contribution in [0.5, 0.6) is 5.75 Å². The third-order valence-corrected chi connectivity index (χ3v) is 2.82. The second-order valence-electron chi connectivity index (χ2n) is 4.49. The molecule has 18 heavy (non-hydrogen) atoms. The maximum Gasteiger partial charge on any atom is 0.134 e. The minimum atomic E-state index is -0.170. The summed E-state index contributed by atoms with van der Waals surface area (Å²) in [6.45, 7) is 4.67. The molecule has 1 rings (SSSR count). The Kier molecular flexibility index (Phi) is 6.04. The number of halogens is 1. The molecular weight excluding hydrogens is 248 g/mol. The van der Waals surface area contributed by atoms with E-state index >= 15 is 0 Å². The number of ether oxygens (including phenoxy) is 2. The Morgan fingerprint density at radius 3 is 2.67 bits per heavy atom. The molecular formula is C15H19ClO2. The summed E-state index contributed by atoms with van der Waals surface area (Å²) >= 11 is 5.56. The molecule has 1 aromatic carbocycles. The predicted molar refractivity (Wildman–Crippen MR) is 75.2 cm³/mol. The molecule has 98 valence electrons. The van der Waals surface area contributed by atoms with Crippen molar-refractivity contribution >= 4 is 11.6 Å². The largest absolute Gasteiger partial charge is 0.492 e. The molecule has 0 N–H and O–H groups in total. The van der Waals surface area contributed by atoms with Gasteiger partial charge in [-0.25, -0.2) is 0 Å². The van der Waals surface area contributed by atoms with Gasteiger partial charge in [-0.3, -0.25) is 0 Å². The van der Waals surface area contributed by atoms with E-state index in [0.717, 1.165) is 17.7 Å². The Hall–Kier alpha value is -1.17. The van der Waals surface area contributed by atoms with Gasteiger partial charge < -0.3 is 9.47 Å². The van der Waals surface area contributed by atoms with Crippen LogP contribution < -0.4 is 4.74 Å². The molecule has 0 heterocycles. The van der Waals surface area contributed by atoms with Gasteiger partial charge in [-0.05, 0) is 26.0 Å². The Morgan fingerprint density at radius 1 is 1.28 bits per heavy atom. The summed E-state index contributed by atoms with van der Waals surface area (Å²) in [7, 11) is 1.71. The van der Waals surface area contributed by atoms with Gasteiger partial charge in [-0.1, -0.05) is 24.0 Å². The van der Waals surface area contributed by atoms with Crippen LogP contribution in [0.4, 0.5) is 0 Å². The van der Waals surface area contributed by atoms with E-state index in [4.69, 9.17) is 21.1 Å². The Bertz CT molecular complexity index is 430. The van der Waals surface area contributed by atoms with E-state index in [1.807, 2.05) is 38.1 Å². The molecule has 0 spiro atoms. The van der Waals surface area contributed by atoms with E-state index < -0.39 is 0 Å². The number of benzene rings is 1. The zero-order chi connectivity index (χ0) is 13.4. The molecule has 0 fully saturated rings. The smallest absolute Gasteiger partial charge is 0.134 e. The summed E-state index contributed by atoms with van der Waals surface area (Å²) in [5.74, 6) is 6.94. The highest BCUT2D eigenvalue weighted by Crippen LogP contribution is 2.19. The van der Waals surface area contributed by atoms with Crippen LogP contribution in [0.3, 0.4) is 0 Å². The van der Waals surface area contributed by atoms with Crippen molar-refractivity contribution in [3.8, 4) is 17.6 Å². The fourth-order valence-electron chi connectivity index (χ4n) is 1.33. The number of para-hydroxylation sites is 1. The first-order chi connectivity index (χ1) is 8.59. The third kappa shape index (κ3) is 5.00. The van der Waals surface area contributed by atoms with E-state index in [1.165, 1.54) is 0 Å². The molecule has 0 saturated heterocycles. The maximum atomic E-state index is 5.75. The van der Waals surface area contributed by atoms with Crippen molar-refractivity contribution in [3.05, 3.63) is 29.8 Å². The molecule has 1 aromatic rings. The highest BCUT2D eigenvalue weighted by atomic mass is 35.5. The highest BCUT2D eigenvalue weighted by Gasteiger charge is 2.16. The monoisotopic (exact) mass is 266 g/mol. The minimum absolute atomic E-state index is 0.170. The summed E-state index contributed by atoms with van der Waals surface area (Å²) in [6, 6.07) is 7.71. The van der Waals surface area contributed by atoms with Crippen LogP contribution in [0.25, 0.3) is 0 Å². The van der Waals surface area contributed by atoms with Crippen LogP contribution in [0.1, 0.15) is 25.8 Å². The van der Waals surface area contributed by atoms with Crippen LogP contribution in [-0.2, 0) is 4.74 Å². The number of hydrogen-bond donors (Lipinski definition) is 0. The summed E-state index contributed by atoms with van der Waals surface area (Å²) in [4.78, 5) is 0.